The van der Waals surface area contributed by atoms with Crippen molar-refractivity contribution in [1.29, 1.82) is 0 Å². The summed E-state index contributed by atoms with van der Waals surface area (Å²) in [6.07, 6.45) is 0. The zero-order valence-electron chi connectivity index (χ0n) is 15.0. The SMILES string of the molecule is COc1cc(OC)cc(C(=O)Nc2ccc(Nc3ccccc3F)cc2)c1. The quantitative estimate of drug-likeness (QED) is 0.655. The number of hydrogen-bond donors (Lipinski definition) is 2. The molecule has 0 aliphatic rings. The van der Waals surface area contributed by atoms with Crippen molar-refractivity contribution >= 4 is 23.0 Å². The second-order valence-corrected chi connectivity index (χ2v) is 5.74. The highest BCUT2D eigenvalue weighted by Gasteiger charge is 2.10. The van der Waals surface area contributed by atoms with Crippen molar-refractivity contribution in [1.82, 2.24) is 0 Å². The number of halogens is 1. The van der Waals surface area contributed by atoms with E-state index in [0.717, 1.165) is 0 Å². The predicted octanol–water partition coefficient (Wildman–Crippen LogP) is 4.84. The molecule has 0 heterocycles. The molecule has 0 aliphatic carbocycles. The van der Waals surface area contributed by atoms with Crippen molar-refractivity contribution in [2.75, 3.05) is 24.9 Å². The molecule has 0 aromatic heterocycles. The minimum absolute atomic E-state index is 0.290. The third-order valence-electron chi connectivity index (χ3n) is 3.91. The smallest absolute Gasteiger partial charge is 0.255 e. The number of methoxy groups -OCH3 is 2. The van der Waals surface area contributed by atoms with E-state index >= 15 is 0 Å². The summed E-state index contributed by atoms with van der Waals surface area (Å²) < 4.78 is 24.1. The second kappa shape index (κ2) is 8.23. The molecule has 0 fully saturated rings. The van der Waals surface area contributed by atoms with E-state index in [9.17, 15) is 9.18 Å². The molecule has 0 atom stereocenters. The fourth-order valence-electron chi connectivity index (χ4n) is 2.50. The Morgan fingerprint density at radius 1 is 0.852 bits per heavy atom. The summed E-state index contributed by atoms with van der Waals surface area (Å²) in [6.45, 7) is 0. The molecule has 0 unspecified atom stereocenters. The Morgan fingerprint density at radius 3 is 2.04 bits per heavy atom. The monoisotopic (exact) mass is 366 g/mol. The maximum Gasteiger partial charge on any atom is 0.255 e. The van der Waals surface area contributed by atoms with Gasteiger partial charge in [0.2, 0.25) is 0 Å². The van der Waals surface area contributed by atoms with Gasteiger partial charge in [0.1, 0.15) is 17.3 Å². The highest BCUT2D eigenvalue weighted by Crippen LogP contribution is 2.24. The highest BCUT2D eigenvalue weighted by atomic mass is 19.1. The lowest BCUT2D eigenvalue weighted by Crippen LogP contribution is -2.12. The highest BCUT2D eigenvalue weighted by molar-refractivity contribution is 6.04. The molecule has 2 N–H and O–H groups in total. The molecule has 5 nitrogen and oxygen atoms in total. The van der Waals surface area contributed by atoms with Crippen LogP contribution in [0.1, 0.15) is 10.4 Å². The minimum atomic E-state index is -0.332. The molecule has 3 aromatic carbocycles. The Bertz CT molecular complexity index is 920. The van der Waals surface area contributed by atoms with E-state index in [1.165, 1.54) is 20.3 Å². The zero-order valence-corrected chi connectivity index (χ0v) is 15.0. The molecule has 0 saturated heterocycles. The van der Waals surface area contributed by atoms with Crippen LogP contribution in [0.15, 0.2) is 66.7 Å². The fraction of sp³-hybridized carbons (Fsp3) is 0.0952. The van der Waals surface area contributed by atoms with E-state index < -0.39 is 0 Å². The zero-order chi connectivity index (χ0) is 19.2. The van der Waals surface area contributed by atoms with Crippen LogP contribution in [0.25, 0.3) is 0 Å². The van der Waals surface area contributed by atoms with Crippen molar-refractivity contribution < 1.29 is 18.7 Å². The standard InChI is InChI=1S/C21H19FN2O3/c1-26-17-11-14(12-18(13-17)27-2)21(25)24-16-9-7-15(8-10-16)23-20-6-4-3-5-19(20)22/h3-13,23H,1-2H3,(H,24,25). The second-order valence-electron chi connectivity index (χ2n) is 5.74. The summed E-state index contributed by atoms with van der Waals surface area (Å²) in [5.74, 6) is 0.441. The van der Waals surface area contributed by atoms with Crippen LogP contribution >= 0.6 is 0 Å². The predicted molar refractivity (Wildman–Crippen MR) is 104 cm³/mol. The Kier molecular flexibility index (Phi) is 5.56. The minimum Gasteiger partial charge on any atom is -0.497 e. The van der Waals surface area contributed by atoms with Gasteiger partial charge in [-0.1, -0.05) is 12.1 Å². The van der Waals surface area contributed by atoms with Gasteiger partial charge in [0.15, 0.2) is 0 Å². The lowest BCUT2D eigenvalue weighted by molar-refractivity contribution is 0.102. The third kappa shape index (κ3) is 4.55. The summed E-state index contributed by atoms with van der Waals surface area (Å²) >= 11 is 0. The van der Waals surface area contributed by atoms with Gasteiger partial charge in [0.25, 0.3) is 5.91 Å². The number of amides is 1. The molecular weight excluding hydrogens is 347 g/mol. The van der Waals surface area contributed by atoms with Crippen molar-refractivity contribution in [3.8, 4) is 11.5 Å². The van der Waals surface area contributed by atoms with Gasteiger partial charge in [-0.2, -0.15) is 0 Å². The molecule has 0 bridgehead atoms. The molecule has 3 aromatic rings. The van der Waals surface area contributed by atoms with Gasteiger partial charge in [-0.3, -0.25) is 4.79 Å². The molecule has 27 heavy (non-hydrogen) atoms. The number of nitrogens with one attached hydrogen (secondary N) is 2. The molecule has 1 amide bonds. The van der Waals surface area contributed by atoms with Gasteiger partial charge in [-0.25, -0.2) is 4.39 Å². The number of benzene rings is 3. The summed E-state index contributed by atoms with van der Waals surface area (Å²) in [5.41, 5.74) is 2.12. The van der Waals surface area contributed by atoms with E-state index in [4.69, 9.17) is 9.47 Å². The molecule has 0 saturated carbocycles. The van der Waals surface area contributed by atoms with Crippen LogP contribution < -0.4 is 20.1 Å². The normalized spacial score (nSPS) is 10.2. The third-order valence-corrected chi connectivity index (χ3v) is 3.91. The van der Waals surface area contributed by atoms with E-state index in [1.807, 2.05) is 0 Å². The van der Waals surface area contributed by atoms with Crippen LogP contribution in [0, 0.1) is 5.82 Å². The van der Waals surface area contributed by atoms with Gasteiger partial charge in [0.05, 0.1) is 19.9 Å². The topological polar surface area (TPSA) is 59.6 Å². The maximum absolute atomic E-state index is 13.7. The number of anilines is 3. The van der Waals surface area contributed by atoms with Gasteiger partial charge < -0.3 is 20.1 Å². The van der Waals surface area contributed by atoms with Crippen LogP contribution in [0.5, 0.6) is 11.5 Å². The Morgan fingerprint density at radius 2 is 1.44 bits per heavy atom. The van der Waals surface area contributed by atoms with Crippen LogP contribution in [-0.2, 0) is 0 Å². The summed E-state index contributed by atoms with van der Waals surface area (Å²) in [6, 6.07) is 18.4. The number of carbonyl (C=O) groups is 1. The summed E-state index contributed by atoms with van der Waals surface area (Å²) in [7, 11) is 3.05. The van der Waals surface area contributed by atoms with E-state index in [2.05, 4.69) is 10.6 Å². The molecule has 0 aliphatic heterocycles. The van der Waals surface area contributed by atoms with E-state index in [1.54, 1.807) is 60.7 Å². The number of hydrogen-bond acceptors (Lipinski definition) is 4. The van der Waals surface area contributed by atoms with Crippen molar-refractivity contribution in [3.63, 3.8) is 0 Å². The van der Waals surface area contributed by atoms with Gasteiger partial charge in [-0.05, 0) is 48.5 Å². The van der Waals surface area contributed by atoms with Crippen LogP contribution in [-0.4, -0.2) is 20.1 Å². The summed E-state index contributed by atoms with van der Waals surface area (Å²) in [4.78, 5) is 12.5. The van der Waals surface area contributed by atoms with Gasteiger partial charge in [0, 0.05) is 23.0 Å². The first-order valence-corrected chi connectivity index (χ1v) is 8.25. The number of para-hydroxylation sites is 1. The molecular formula is C21H19FN2O3. The molecule has 6 heteroatoms. The maximum atomic E-state index is 13.7. The number of rotatable bonds is 6. The van der Waals surface area contributed by atoms with Crippen LogP contribution in [0.2, 0.25) is 0 Å². The molecule has 0 radical (unpaired) electrons. The van der Waals surface area contributed by atoms with E-state index in [0.29, 0.717) is 34.1 Å². The fourth-order valence-corrected chi connectivity index (χ4v) is 2.50. The average Bonchev–Trinajstić information content (AvgIpc) is 2.70. The Balaban J connectivity index is 1.71. The largest absolute Gasteiger partial charge is 0.497 e. The van der Waals surface area contributed by atoms with Gasteiger partial charge >= 0.3 is 0 Å². The average molecular weight is 366 g/mol. The lowest BCUT2D eigenvalue weighted by atomic mass is 10.1. The molecule has 0 spiro atoms. The lowest BCUT2D eigenvalue weighted by Gasteiger charge is -2.11. The van der Waals surface area contributed by atoms with E-state index in [-0.39, 0.29) is 11.7 Å². The van der Waals surface area contributed by atoms with Crippen molar-refractivity contribution in [2.24, 2.45) is 0 Å². The van der Waals surface area contributed by atoms with Crippen molar-refractivity contribution in [2.45, 2.75) is 0 Å². The Hall–Kier alpha value is -3.54. The number of carbonyl (C=O) groups excluding carboxylic acids is 1. The first kappa shape index (κ1) is 18.3. The summed E-state index contributed by atoms with van der Waals surface area (Å²) in [5, 5.41) is 5.81. The first-order chi connectivity index (χ1) is 13.1. The molecule has 3 rings (SSSR count). The Labute approximate surface area is 156 Å². The number of ether oxygens (including phenoxy) is 2. The first-order valence-electron chi connectivity index (χ1n) is 8.25. The van der Waals surface area contributed by atoms with Crippen LogP contribution in [0.4, 0.5) is 21.5 Å². The van der Waals surface area contributed by atoms with Crippen LogP contribution in [0.3, 0.4) is 0 Å². The molecule has 138 valence electrons. The van der Waals surface area contributed by atoms with Crippen molar-refractivity contribution in [3.05, 3.63) is 78.1 Å². The van der Waals surface area contributed by atoms with Gasteiger partial charge in [-0.15, -0.1) is 0 Å².